The first kappa shape index (κ1) is 15.8. The van der Waals surface area contributed by atoms with E-state index in [2.05, 4.69) is 49.7 Å². The average molecular weight is 342 g/mol. The van der Waals surface area contributed by atoms with E-state index >= 15 is 0 Å². The molecule has 1 fully saturated rings. The van der Waals surface area contributed by atoms with Gasteiger partial charge in [-0.05, 0) is 64.4 Å². The van der Waals surface area contributed by atoms with Crippen molar-refractivity contribution in [1.82, 2.24) is 0 Å². The Kier molecular flexibility index (Phi) is 4.47. The quantitative estimate of drug-likeness (QED) is 0.908. The fraction of sp³-hybridized carbons (Fsp3) is 0.625. The second-order valence-electron chi connectivity index (χ2n) is 6.57. The lowest BCUT2D eigenvalue weighted by atomic mass is 9.97. The van der Waals surface area contributed by atoms with E-state index in [0.29, 0.717) is 6.54 Å². The van der Waals surface area contributed by atoms with Crippen LogP contribution < -0.4 is 10.5 Å². The van der Waals surface area contributed by atoms with Crippen molar-refractivity contribution >= 4 is 15.9 Å². The number of hydrogen-bond donors (Lipinski definition) is 1. The first-order chi connectivity index (χ1) is 9.23. The van der Waals surface area contributed by atoms with Crippen LogP contribution in [0.1, 0.15) is 39.7 Å². The topological polar surface area (TPSA) is 44.5 Å². The van der Waals surface area contributed by atoms with Crippen molar-refractivity contribution in [2.45, 2.75) is 57.8 Å². The fourth-order valence-electron chi connectivity index (χ4n) is 2.83. The van der Waals surface area contributed by atoms with Gasteiger partial charge in [-0.1, -0.05) is 15.9 Å². The monoisotopic (exact) mass is 341 g/mol. The summed E-state index contributed by atoms with van der Waals surface area (Å²) in [6, 6.07) is 6.08. The molecule has 0 aliphatic carbocycles. The van der Waals surface area contributed by atoms with Crippen LogP contribution in [-0.2, 0) is 11.2 Å². The van der Waals surface area contributed by atoms with Crippen molar-refractivity contribution in [3.8, 4) is 5.75 Å². The lowest BCUT2D eigenvalue weighted by molar-refractivity contribution is -0.0846. The molecule has 20 heavy (non-hydrogen) atoms. The van der Waals surface area contributed by atoms with E-state index in [9.17, 15) is 0 Å². The number of benzene rings is 1. The second-order valence-corrected chi connectivity index (χ2v) is 7.42. The van der Waals surface area contributed by atoms with Crippen LogP contribution in [-0.4, -0.2) is 23.9 Å². The zero-order valence-corrected chi connectivity index (χ0v) is 14.3. The van der Waals surface area contributed by atoms with E-state index in [1.54, 1.807) is 0 Å². The van der Waals surface area contributed by atoms with Crippen LogP contribution in [0.15, 0.2) is 22.7 Å². The van der Waals surface area contributed by atoms with Crippen molar-refractivity contribution in [1.29, 1.82) is 0 Å². The highest BCUT2D eigenvalue weighted by molar-refractivity contribution is 9.10. The van der Waals surface area contributed by atoms with E-state index in [0.717, 1.165) is 23.1 Å². The second kappa shape index (κ2) is 5.66. The summed E-state index contributed by atoms with van der Waals surface area (Å²) in [6.07, 6.45) is 1.79. The predicted octanol–water partition coefficient (Wildman–Crippen LogP) is 3.68. The molecule has 1 atom stereocenters. The van der Waals surface area contributed by atoms with Gasteiger partial charge in [0, 0.05) is 10.9 Å². The number of nitrogens with two attached hydrogens (primary N) is 1. The Morgan fingerprint density at radius 1 is 1.35 bits per heavy atom. The molecule has 3 nitrogen and oxygen atoms in total. The lowest BCUT2D eigenvalue weighted by Crippen LogP contribution is -2.36. The van der Waals surface area contributed by atoms with Gasteiger partial charge in [-0.15, -0.1) is 0 Å². The Bertz CT molecular complexity index is 485. The third-order valence-electron chi connectivity index (χ3n) is 3.70. The highest BCUT2D eigenvalue weighted by atomic mass is 79.9. The Morgan fingerprint density at radius 2 is 2.05 bits per heavy atom. The van der Waals surface area contributed by atoms with Gasteiger partial charge in [-0.3, -0.25) is 0 Å². The molecule has 1 aromatic carbocycles. The molecule has 0 spiro atoms. The van der Waals surface area contributed by atoms with Gasteiger partial charge in [-0.25, -0.2) is 0 Å². The highest BCUT2D eigenvalue weighted by Gasteiger charge is 2.47. The predicted molar refractivity (Wildman–Crippen MR) is 85.2 cm³/mol. The summed E-state index contributed by atoms with van der Waals surface area (Å²) in [4.78, 5) is 0. The minimum absolute atomic E-state index is 0.0596. The lowest BCUT2D eigenvalue weighted by Gasteiger charge is -2.27. The first-order valence-electron chi connectivity index (χ1n) is 7.09. The zero-order chi connectivity index (χ0) is 15.0. The summed E-state index contributed by atoms with van der Waals surface area (Å²) in [5, 5.41) is 0. The third-order valence-corrected chi connectivity index (χ3v) is 4.47. The summed E-state index contributed by atoms with van der Waals surface area (Å²) in [6.45, 7) is 9.03. The number of hydrogen-bond acceptors (Lipinski definition) is 3. The van der Waals surface area contributed by atoms with Gasteiger partial charge in [0.15, 0.2) is 0 Å². The molecule has 1 aromatic rings. The molecule has 112 valence electrons. The van der Waals surface area contributed by atoms with Gasteiger partial charge in [0.05, 0.1) is 5.60 Å². The molecule has 2 N–H and O–H groups in total. The standard InChI is InChI=1S/C16H24BrNO2/c1-15(2)10-14(16(3,4)20-15)19-12-5-6-13(17)11(9-12)7-8-18/h5-6,9,14H,7-8,10,18H2,1-4H3. The molecular weight excluding hydrogens is 318 g/mol. The molecule has 1 aliphatic rings. The molecule has 1 saturated heterocycles. The van der Waals surface area contributed by atoms with E-state index in [-0.39, 0.29) is 17.3 Å². The maximum atomic E-state index is 6.18. The minimum Gasteiger partial charge on any atom is -0.487 e. The van der Waals surface area contributed by atoms with Crippen LogP contribution in [0.5, 0.6) is 5.75 Å². The number of rotatable bonds is 4. The SMILES string of the molecule is CC1(C)CC(Oc2ccc(Br)c(CCN)c2)C(C)(C)O1. The smallest absolute Gasteiger partial charge is 0.130 e. The van der Waals surface area contributed by atoms with Crippen LogP contribution in [0.3, 0.4) is 0 Å². The fourth-order valence-corrected chi connectivity index (χ4v) is 3.28. The maximum Gasteiger partial charge on any atom is 0.130 e. The molecular formula is C16H24BrNO2. The highest BCUT2D eigenvalue weighted by Crippen LogP contribution is 2.39. The van der Waals surface area contributed by atoms with Gasteiger partial charge < -0.3 is 15.2 Å². The molecule has 1 heterocycles. The normalized spacial score (nSPS) is 23.8. The molecule has 0 radical (unpaired) electrons. The van der Waals surface area contributed by atoms with E-state index < -0.39 is 0 Å². The van der Waals surface area contributed by atoms with Gasteiger partial charge in [0.1, 0.15) is 17.5 Å². The first-order valence-corrected chi connectivity index (χ1v) is 7.88. The summed E-state index contributed by atoms with van der Waals surface area (Å²) in [5.74, 6) is 0.885. The van der Waals surface area contributed by atoms with E-state index in [1.807, 2.05) is 12.1 Å². The van der Waals surface area contributed by atoms with E-state index in [1.165, 1.54) is 5.56 Å². The van der Waals surface area contributed by atoms with E-state index in [4.69, 9.17) is 15.2 Å². The summed E-state index contributed by atoms with van der Waals surface area (Å²) < 4.78 is 13.3. The Balaban J connectivity index is 2.16. The van der Waals surface area contributed by atoms with Crippen molar-refractivity contribution in [2.24, 2.45) is 5.73 Å². The maximum absolute atomic E-state index is 6.18. The van der Waals surface area contributed by atoms with Crippen molar-refractivity contribution in [3.05, 3.63) is 28.2 Å². The largest absolute Gasteiger partial charge is 0.487 e. The number of halogens is 1. The van der Waals surface area contributed by atoms with Gasteiger partial charge in [-0.2, -0.15) is 0 Å². The van der Waals surface area contributed by atoms with Crippen molar-refractivity contribution < 1.29 is 9.47 Å². The Hall–Kier alpha value is -0.580. The zero-order valence-electron chi connectivity index (χ0n) is 12.7. The van der Waals surface area contributed by atoms with Gasteiger partial charge >= 0.3 is 0 Å². The van der Waals surface area contributed by atoms with Crippen LogP contribution in [0.2, 0.25) is 0 Å². The summed E-state index contributed by atoms with van der Waals surface area (Å²) >= 11 is 3.55. The molecule has 0 amide bonds. The molecule has 2 rings (SSSR count). The molecule has 1 unspecified atom stereocenters. The molecule has 0 aromatic heterocycles. The van der Waals surface area contributed by atoms with Crippen LogP contribution >= 0.6 is 15.9 Å². The Labute approximate surface area is 130 Å². The Morgan fingerprint density at radius 3 is 2.60 bits per heavy atom. The van der Waals surface area contributed by atoms with Crippen molar-refractivity contribution in [3.63, 3.8) is 0 Å². The van der Waals surface area contributed by atoms with Gasteiger partial charge in [0.2, 0.25) is 0 Å². The molecule has 0 bridgehead atoms. The molecule has 0 saturated carbocycles. The van der Waals surface area contributed by atoms with Crippen LogP contribution in [0, 0.1) is 0 Å². The third kappa shape index (κ3) is 3.54. The van der Waals surface area contributed by atoms with Crippen LogP contribution in [0.4, 0.5) is 0 Å². The van der Waals surface area contributed by atoms with Gasteiger partial charge in [0.25, 0.3) is 0 Å². The number of ether oxygens (including phenoxy) is 2. The minimum atomic E-state index is -0.273. The van der Waals surface area contributed by atoms with Crippen molar-refractivity contribution in [2.75, 3.05) is 6.54 Å². The average Bonchev–Trinajstić information content (AvgIpc) is 2.51. The molecule has 4 heteroatoms. The molecule has 1 aliphatic heterocycles. The summed E-state index contributed by atoms with van der Waals surface area (Å²) in [7, 11) is 0. The summed E-state index contributed by atoms with van der Waals surface area (Å²) in [5.41, 5.74) is 6.41. The van der Waals surface area contributed by atoms with Crippen LogP contribution in [0.25, 0.3) is 0 Å².